The van der Waals surface area contributed by atoms with Crippen LogP contribution in [0.2, 0.25) is 0 Å². The van der Waals surface area contributed by atoms with Gasteiger partial charge in [-0.05, 0) is 42.0 Å². The van der Waals surface area contributed by atoms with Gasteiger partial charge >= 0.3 is 5.97 Å². The molecular formula is C20H14N2O5. The first-order chi connectivity index (χ1) is 13.0. The molecule has 0 saturated carbocycles. The highest BCUT2D eigenvalue weighted by molar-refractivity contribution is 6.08. The van der Waals surface area contributed by atoms with Crippen LogP contribution in [0.3, 0.4) is 0 Å². The number of nitrogens with two attached hydrogens (primary N) is 2. The Kier molecular flexibility index (Phi) is 3.79. The zero-order chi connectivity index (χ0) is 19.1. The lowest BCUT2D eigenvalue weighted by atomic mass is 9.90. The van der Waals surface area contributed by atoms with Crippen molar-refractivity contribution in [1.82, 2.24) is 0 Å². The number of carbonyl (C=O) groups excluding carboxylic acids is 1. The highest BCUT2D eigenvalue weighted by Crippen LogP contribution is 2.42. The Hall–Kier alpha value is -3.84. The van der Waals surface area contributed by atoms with Crippen LogP contribution < -0.4 is 17.1 Å². The molecule has 0 unspecified atom stereocenters. The average molecular weight is 362 g/mol. The molecular weight excluding hydrogens is 348 g/mol. The summed E-state index contributed by atoms with van der Waals surface area (Å²) < 4.78 is 5.79. The molecule has 0 aromatic heterocycles. The third-order valence-electron chi connectivity index (χ3n) is 4.32. The number of carbonyl (C=O) groups is 1. The second kappa shape index (κ2) is 6.15. The Balaban J connectivity index is 2.18. The van der Waals surface area contributed by atoms with E-state index in [-0.39, 0.29) is 16.7 Å². The second-order valence-corrected chi connectivity index (χ2v) is 6.03. The van der Waals surface area contributed by atoms with Gasteiger partial charge in [0, 0.05) is 34.3 Å². The molecule has 1 aliphatic carbocycles. The molecule has 1 aliphatic heterocycles. The molecule has 0 amide bonds. The van der Waals surface area contributed by atoms with Gasteiger partial charge in [0.15, 0.2) is 5.43 Å². The number of hydrogen-bond acceptors (Lipinski definition) is 7. The third kappa shape index (κ3) is 2.76. The molecule has 7 nitrogen and oxygen atoms in total. The number of rotatable bonds is 2. The normalized spacial score (nSPS) is 11.0. The van der Waals surface area contributed by atoms with Gasteiger partial charge in [0.05, 0.1) is 5.56 Å². The van der Waals surface area contributed by atoms with Gasteiger partial charge in [0.1, 0.15) is 17.1 Å². The van der Waals surface area contributed by atoms with E-state index in [2.05, 4.69) is 4.84 Å². The van der Waals surface area contributed by atoms with Crippen LogP contribution in [0.4, 0.5) is 5.69 Å². The molecule has 2 aliphatic rings. The SMILES string of the molecule is NOC(=O)c1cc(N)ccc1-c1c2ccc(=O)cc-2oc2cc(O)ccc12. The van der Waals surface area contributed by atoms with E-state index in [0.29, 0.717) is 39.1 Å². The van der Waals surface area contributed by atoms with Gasteiger partial charge in [0.2, 0.25) is 0 Å². The third-order valence-corrected chi connectivity index (χ3v) is 4.32. The van der Waals surface area contributed by atoms with Gasteiger partial charge in [-0.1, -0.05) is 6.07 Å². The predicted molar refractivity (Wildman–Crippen MR) is 100 cm³/mol. The molecule has 0 radical (unpaired) electrons. The number of benzene rings is 3. The highest BCUT2D eigenvalue weighted by Gasteiger charge is 2.22. The number of aromatic hydroxyl groups is 1. The number of hydrogen-bond donors (Lipinski definition) is 3. The fourth-order valence-corrected chi connectivity index (χ4v) is 3.16. The van der Waals surface area contributed by atoms with Crippen molar-refractivity contribution in [2.75, 3.05) is 5.73 Å². The zero-order valence-electron chi connectivity index (χ0n) is 13.9. The summed E-state index contributed by atoms with van der Waals surface area (Å²) in [6, 6.07) is 13.8. The summed E-state index contributed by atoms with van der Waals surface area (Å²) in [6.07, 6.45) is 0. The molecule has 27 heavy (non-hydrogen) atoms. The summed E-state index contributed by atoms with van der Waals surface area (Å²) in [5, 5.41) is 10.4. The lowest BCUT2D eigenvalue weighted by Gasteiger charge is -2.17. The van der Waals surface area contributed by atoms with E-state index in [1.165, 1.54) is 30.3 Å². The van der Waals surface area contributed by atoms with Crippen LogP contribution in [0.25, 0.3) is 33.4 Å². The summed E-state index contributed by atoms with van der Waals surface area (Å²) >= 11 is 0. The van der Waals surface area contributed by atoms with Crippen LogP contribution in [-0.4, -0.2) is 11.1 Å². The predicted octanol–water partition coefficient (Wildman–Crippen LogP) is 2.88. The van der Waals surface area contributed by atoms with Crippen LogP contribution >= 0.6 is 0 Å². The second-order valence-electron chi connectivity index (χ2n) is 6.03. The molecule has 0 fully saturated rings. The minimum atomic E-state index is -0.751. The Morgan fingerprint density at radius 1 is 1.00 bits per heavy atom. The van der Waals surface area contributed by atoms with Crippen LogP contribution in [0.1, 0.15) is 10.4 Å². The molecule has 5 N–H and O–H groups in total. The van der Waals surface area contributed by atoms with Crippen molar-refractivity contribution < 1.29 is 19.2 Å². The summed E-state index contributed by atoms with van der Waals surface area (Å²) in [5.41, 5.74) is 8.24. The molecule has 2 aromatic rings. The van der Waals surface area contributed by atoms with Crippen molar-refractivity contribution in [1.29, 1.82) is 0 Å². The van der Waals surface area contributed by atoms with E-state index in [1.54, 1.807) is 24.3 Å². The van der Waals surface area contributed by atoms with E-state index >= 15 is 0 Å². The van der Waals surface area contributed by atoms with Crippen LogP contribution in [0.5, 0.6) is 5.75 Å². The van der Waals surface area contributed by atoms with Gasteiger partial charge in [-0.2, -0.15) is 5.90 Å². The first-order valence-electron chi connectivity index (χ1n) is 7.98. The van der Waals surface area contributed by atoms with E-state index in [0.717, 1.165) is 0 Å². The number of phenolic OH excluding ortho intramolecular Hbond substituents is 1. The smallest absolute Gasteiger partial charge is 0.357 e. The van der Waals surface area contributed by atoms with Crippen molar-refractivity contribution in [2.24, 2.45) is 5.90 Å². The minimum Gasteiger partial charge on any atom is -0.508 e. The van der Waals surface area contributed by atoms with Gasteiger partial charge in [0.25, 0.3) is 0 Å². The lowest BCUT2D eigenvalue weighted by molar-refractivity contribution is 0.0504. The standard InChI is InChI=1S/C20H14N2O5/c21-10-1-4-13(16(7-10)20(25)27-22)19-14-5-2-11(23)8-17(14)26-18-9-12(24)3-6-15(18)19/h1-9,23H,21-22H2. The van der Waals surface area contributed by atoms with Crippen molar-refractivity contribution in [2.45, 2.75) is 0 Å². The Morgan fingerprint density at radius 2 is 1.78 bits per heavy atom. The van der Waals surface area contributed by atoms with Gasteiger partial charge < -0.3 is 20.1 Å². The Morgan fingerprint density at radius 3 is 2.56 bits per heavy atom. The fourth-order valence-electron chi connectivity index (χ4n) is 3.16. The van der Waals surface area contributed by atoms with Crippen LogP contribution in [-0.2, 0) is 4.84 Å². The summed E-state index contributed by atoms with van der Waals surface area (Å²) in [4.78, 5) is 28.4. The Bertz CT molecular complexity index is 1230. The summed E-state index contributed by atoms with van der Waals surface area (Å²) in [5.74, 6) is 4.66. The quantitative estimate of drug-likeness (QED) is 0.284. The van der Waals surface area contributed by atoms with E-state index < -0.39 is 5.97 Å². The molecule has 1 heterocycles. The van der Waals surface area contributed by atoms with Crippen molar-refractivity contribution >= 4 is 22.6 Å². The molecule has 0 bridgehead atoms. The minimum absolute atomic E-state index is 0.00808. The number of fused-ring (bicyclic) bond motifs is 2. The van der Waals surface area contributed by atoms with Crippen molar-refractivity contribution in [3.8, 4) is 28.2 Å². The van der Waals surface area contributed by atoms with Gasteiger partial charge in [-0.3, -0.25) is 4.79 Å². The molecule has 7 heteroatoms. The van der Waals surface area contributed by atoms with E-state index in [4.69, 9.17) is 16.0 Å². The number of phenols is 1. The van der Waals surface area contributed by atoms with E-state index in [9.17, 15) is 14.7 Å². The molecule has 0 saturated heterocycles. The maximum Gasteiger partial charge on any atom is 0.357 e. The Labute approximate surface area is 152 Å². The van der Waals surface area contributed by atoms with E-state index in [1.807, 2.05) is 0 Å². The zero-order valence-corrected chi connectivity index (χ0v) is 13.9. The van der Waals surface area contributed by atoms with Gasteiger partial charge in [-0.15, -0.1) is 0 Å². The molecule has 0 atom stereocenters. The van der Waals surface area contributed by atoms with Crippen LogP contribution in [0.15, 0.2) is 63.8 Å². The summed E-state index contributed by atoms with van der Waals surface area (Å²) in [7, 11) is 0. The largest absolute Gasteiger partial charge is 0.508 e. The maximum absolute atomic E-state index is 12.2. The first-order valence-corrected chi connectivity index (χ1v) is 7.98. The summed E-state index contributed by atoms with van der Waals surface area (Å²) in [6.45, 7) is 0. The molecule has 2 aromatic carbocycles. The number of anilines is 1. The van der Waals surface area contributed by atoms with Gasteiger partial charge in [-0.25, -0.2) is 4.79 Å². The molecule has 134 valence electrons. The first kappa shape index (κ1) is 16.6. The molecule has 0 spiro atoms. The maximum atomic E-state index is 12.2. The monoisotopic (exact) mass is 362 g/mol. The van der Waals surface area contributed by atoms with Crippen molar-refractivity contribution in [3.05, 3.63) is 70.4 Å². The van der Waals surface area contributed by atoms with Crippen molar-refractivity contribution in [3.63, 3.8) is 0 Å². The fraction of sp³-hybridized carbons (Fsp3) is 0. The molecule has 4 rings (SSSR count). The lowest BCUT2D eigenvalue weighted by Crippen LogP contribution is -2.12. The number of nitrogen functional groups attached to an aromatic ring is 1. The average Bonchev–Trinajstić information content (AvgIpc) is 2.65. The topological polar surface area (TPSA) is 129 Å². The van der Waals surface area contributed by atoms with Crippen LogP contribution in [0, 0.1) is 0 Å². The highest BCUT2D eigenvalue weighted by atomic mass is 16.7.